The molecular formula is C17H16N4O2. The largest absolute Gasteiger partial charge is 0.396 e. The molecule has 0 unspecified atom stereocenters. The van der Waals surface area contributed by atoms with E-state index < -0.39 is 0 Å². The molecule has 2 N–H and O–H groups in total. The van der Waals surface area contributed by atoms with Crippen LogP contribution in [0.15, 0.2) is 53.7 Å². The highest BCUT2D eigenvalue weighted by Crippen LogP contribution is 2.24. The van der Waals surface area contributed by atoms with Gasteiger partial charge in [0.15, 0.2) is 11.5 Å². The summed E-state index contributed by atoms with van der Waals surface area (Å²) in [5.74, 6) is 0.403. The van der Waals surface area contributed by atoms with Crippen molar-refractivity contribution < 1.29 is 9.68 Å². The normalized spacial score (nSPS) is 14.3. The molecule has 1 fully saturated rings. The number of rotatable bonds is 6. The van der Waals surface area contributed by atoms with Crippen LogP contribution in [0.2, 0.25) is 0 Å². The maximum Gasteiger partial charge on any atom is 0.187 e. The lowest BCUT2D eigenvalue weighted by atomic mass is 10.1. The molecule has 0 aromatic heterocycles. The Kier molecular flexibility index (Phi) is 4.52. The van der Waals surface area contributed by atoms with E-state index in [-0.39, 0.29) is 5.71 Å². The van der Waals surface area contributed by atoms with Gasteiger partial charge in [0, 0.05) is 18.7 Å². The third-order valence-electron chi connectivity index (χ3n) is 3.29. The van der Waals surface area contributed by atoms with Crippen LogP contribution in [0.3, 0.4) is 0 Å². The summed E-state index contributed by atoms with van der Waals surface area (Å²) in [5, 5.41) is 15.0. The number of benzene rings is 2. The van der Waals surface area contributed by atoms with Gasteiger partial charge in [-0.1, -0.05) is 41.6 Å². The topological polar surface area (TPSA) is 83.6 Å². The Hall–Kier alpha value is -2.88. The van der Waals surface area contributed by atoms with Crippen molar-refractivity contribution in [3.05, 3.63) is 59.7 Å². The molecule has 6 nitrogen and oxygen atoms in total. The second-order valence-corrected chi connectivity index (χ2v) is 5.08. The Morgan fingerprint density at radius 1 is 1.22 bits per heavy atom. The molecular weight excluding hydrogens is 292 g/mol. The van der Waals surface area contributed by atoms with E-state index in [4.69, 9.17) is 15.4 Å². The molecule has 1 saturated heterocycles. The van der Waals surface area contributed by atoms with Gasteiger partial charge in [-0.3, -0.25) is 4.84 Å². The second-order valence-electron chi connectivity index (χ2n) is 5.08. The van der Waals surface area contributed by atoms with Gasteiger partial charge >= 0.3 is 0 Å². The highest BCUT2D eigenvalue weighted by Gasteiger charge is 2.18. The van der Waals surface area contributed by atoms with E-state index in [9.17, 15) is 5.26 Å². The summed E-state index contributed by atoms with van der Waals surface area (Å²) in [6, 6.07) is 16.5. The third-order valence-corrected chi connectivity index (χ3v) is 3.29. The third kappa shape index (κ3) is 4.07. The van der Waals surface area contributed by atoms with E-state index in [1.807, 2.05) is 35.4 Å². The van der Waals surface area contributed by atoms with Gasteiger partial charge in [0.05, 0.1) is 12.3 Å². The first-order valence-corrected chi connectivity index (χ1v) is 7.23. The second kappa shape index (κ2) is 6.92. The number of oxime groups is 1. The van der Waals surface area contributed by atoms with Gasteiger partial charge < -0.3 is 10.6 Å². The Labute approximate surface area is 134 Å². The zero-order valence-corrected chi connectivity index (χ0v) is 12.5. The minimum absolute atomic E-state index is 0.191. The van der Waals surface area contributed by atoms with Gasteiger partial charge in [0.25, 0.3) is 0 Å². The molecule has 2 aromatic carbocycles. The minimum Gasteiger partial charge on any atom is -0.396 e. The molecule has 23 heavy (non-hydrogen) atoms. The fourth-order valence-corrected chi connectivity index (χ4v) is 1.91. The predicted octanol–water partition coefficient (Wildman–Crippen LogP) is 2.32. The summed E-state index contributed by atoms with van der Waals surface area (Å²) in [7, 11) is 0. The fraction of sp³-hybridized carbons (Fsp3) is 0.176. The van der Waals surface area contributed by atoms with Crippen molar-refractivity contribution in [2.45, 2.75) is 6.61 Å². The summed E-state index contributed by atoms with van der Waals surface area (Å²) >= 11 is 0. The first kappa shape index (κ1) is 15.0. The molecule has 0 spiro atoms. The highest BCUT2D eigenvalue weighted by molar-refractivity contribution is 6.11. The molecule has 0 bridgehead atoms. The Morgan fingerprint density at radius 3 is 2.70 bits per heavy atom. The summed E-state index contributed by atoms with van der Waals surface area (Å²) in [6.07, 6.45) is 0. The lowest BCUT2D eigenvalue weighted by Crippen LogP contribution is -2.02. The summed E-state index contributed by atoms with van der Waals surface area (Å²) in [4.78, 5) is 10.9. The van der Waals surface area contributed by atoms with Crippen molar-refractivity contribution in [3.8, 4) is 11.8 Å². The smallest absolute Gasteiger partial charge is 0.187 e. The van der Waals surface area contributed by atoms with E-state index >= 15 is 0 Å². The molecule has 1 aliphatic heterocycles. The Bertz CT molecular complexity index is 749. The van der Waals surface area contributed by atoms with Crippen molar-refractivity contribution in [2.75, 3.05) is 18.8 Å². The number of nitrogen functional groups attached to an aromatic ring is 1. The van der Waals surface area contributed by atoms with Crippen LogP contribution in [0.5, 0.6) is 5.75 Å². The minimum atomic E-state index is 0.191. The number of hydrogen-bond donors (Lipinski definition) is 1. The maximum atomic E-state index is 9.22. The first-order chi connectivity index (χ1) is 11.3. The van der Waals surface area contributed by atoms with Gasteiger partial charge in [0.1, 0.15) is 6.07 Å². The average molecular weight is 308 g/mol. The van der Waals surface area contributed by atoms with Crippen LogP contribution >= 0.6 is 0 Å². The highest BCUT2D eigenvalue weighted by atomic mass is 16.7. The molecule has 0 radical (unpaired) electrons. The van der Waals surface area contributed by atoms with E-state index in [2.05, 4.69) is 5.16 Å². The van der Waals surface area contributed by atoms with Crippen molar-refractivity contribution in [1.29, 1.82) is 5.26 Å². The fourth-order valence-electron chi connectivity index (χ4n) is 1.91. The number of nitrogens with two attached hydrogens (primary N) is 1. The van der Waals surface area contributed by atoms with Crippen LogP contribution in [-0.2, 0) is 11.4 Å². The molecule has 6 heteroatoms. The Morgan fingerprint density at radius 2 is 2.00 bits per heavy atom. The van der Waals surface area contributed by atoms with Crippen molar-refractivity contribution in [2.24, 2.45) is 5.16 Å². The predicted molar refractivity (Wildman–Crippen MR) is 86.4 cm³/mol. The molecule has 0 saturated carbocycles. The maximum absolute atomic E-state index is 9.22. The lowest BCUT2D eigenvalue weighted by molar-refractivity contribution is -0.0764. The van der Waals surface area contributed by atoms with Crippen molar-refractivity contribution >= 4 is 11.4 Å². The van der Waals surface area contributed by atoms with Gasteiger partial charge in [0.2, 0.25) is 0 Å². The molecule has 3 rings (SSSR count). The van der Waals surface area contributed by atoms with Crippen LogP contribution in [0, 0.1) is 11.3 Å². The van der Waals surface area contributed by atoms with Gasteiger partial charge in [-0.15, -0.1) is 0 Å². The lowest BCUT2D eigenvalue weighted by Gasteiger charge is -2.08. The van der Waals surface area contributed by atoms with E-state index in [1.165, 1.54) is 0 Å². The van der Waals surface area contributed by atoms with Crippen molar-refractivity contribution in [1.82, 2.24) is 5.06 Å². The van der Waals surface area contributed by atoms with Crippen molar-refractivity contribution in [3.63, 3.8) is 0 Å². The van der Waals surface area contributed by atoms with E-state index in [0.29, 0.717) is 23.6 Å². The molecule has 1 heterocycles. The summed E-state index contributed by atoms with van der Waals surface area (Å²) in [5.41, 5.74) is 8.15. The van der Waals surface area contributed by atoms with Crippen LogP contribution < -0.4 is 10.6 Å². The Balaban J connectivity index is 1.74. The van der Waals surface area contributed by atoms with E-state index in [1.54, 1.807) is 24.3 Å². The van der Waals surface area contributed by atoms with Crippen LogP contribution in [-0.4, -0.2) is 23.9 Å². The van der Waals surface area contributed by atoms with Crippen LogP contribution in [0.1, 0.15) is 11.1 Å². The number of anilines is 1. The molecule has 0 amide bonds. The van der Waals surface area contributed by atoms with Crippen LogP contribution in [0.4, 0.5) is 5.69 Å². The van der Waals surface area contributed by atoms with Crippen LogP contribution in [0.25, 0.3) is 0 Å². The SMILES string of the molecule is N#C/C(=N\Oc1cc(CON2CC2)ccc1N)c1ccccc1. The number of hydroxylamine groups is 2. The number of hydrogen-bond acceptors (Lipinski definition) is 6. The summed E-state index contributed by atoms with van der Waals surface area (Å²) in [6.45, 7) is 2.38. The molecule has 116 valence electrons. The zero-order valence-electron chi connectivity index (χ0n) is 12.5. The molecule has 2 aromatic rings. The first-order valence-electron chi connectivity index (χ1n) is 7.23. The van der Waals surface area contributed by atoms with E-state index in [0.717, 1.165) is 18.7 Å². The quantitative estimate of drug-likeness (QED) is 0.383. The monoisotopic (exact) mass is 308 g/mol. The molecule has 0 atom stereocenters. The molecule has 0 aliphatic carbocycles. The number of nitrogens with zero attached hydrogens (tertiary/aromatic N) is 3. The molecule has 1 aliphatic rings. The van der Waals surface area contributed by atoms with Gasteiger partial charge in [-0.2, -0.15) is 10.3 Å². The van der Waals surface area contributed by atoms with Gasteiger partial charge in [-0.05, 0) is 17.7 Å². The average Bonchev–Trinajstić information content (AvgIpc) is 3.41. The number of nitriles is 1. The van der Waals surface area contributed by atoms with Gasteiger partial charge in [-0.25, -0.2) is 0 Å². The summed E-state index contributed by atoms with van der Waals surface area (Å²) < 4.78 is 0. The zero-order chi connectivity index (χ0) is 16.1. The standard InChI is InChI=1S/C17H16N4O2/c18-11-16(14-4-2-1-3-5-14)20-23-17-10-13(6-7-15(17)19)12-22-21-8-9-21/h1-7,10H,8-9,12,19H2/b20-16+.